The van der Waals surface area contributed by atoms with E-state index in [1.54, 1.807) is 19.4 Å². The van der Waals surface area contributed by atoms with Gasteiger partial charge in [0.15, 0.2) is 5.82 Å². The normalized spacial score (nSPS) is 16.4. The van der Waals surface area contributed by atoms with Gasteiger partial charge in [-0.1, -0.05) is 5.16 Å². The number of carbonyl (C=O) groups excluding carboxylic acids is 1. The van der Waals surface area contributed by atoms with Crippen LogP contribution in [0.1, 0.15) is 28.3 Å². The number of methoxy groups -OCH3 is 1. The zero-order chi connectivity index (χ0) is 19.5. The molecule has 4 rings (SSSR count). The summed E-state index contributed by atoms with van der Waals surface area (Å²) >= 11 is 0. The molecule has 1 amide bonds. The van der Waals surface area contributed by atoms with Gasteiger partial charge in [0.05, 0.1) is 12.7 Å². The number of ether oxygens (including phenoxy) is 1. The van der Waals surface area contributed by atoms with Crippen molar-refractivity contribution in [2.75, 3.05) is 20.2 Å². The minimum absolute atomic E-state index is 0.0418. The number of amides is 1. The van der Waals surface area contributed by atoms with Gasteiger partial charge in [-0.05, 0) is 55.7 Å². The van der Waals surface area contributed by atoms with Crippen molar-refractivity contribution in [1.82, 2.24) is 20.0 Å². The smallest absolute Gasteiger partial charge is 0.257 e. The Kier molecular flexibility index (Phi) is 5.06. The Morgan fingerprint density at radius 2 is 2.11 bits per heavy atom. The second kappa shape index (κ2) is 7.80. The molecule has 0 spiro atoms. The van der Waals surface area contributed by atoms with Crippen molar-refractivity contribution >= 4 is 5.91 Å². The molecule has 7 nitrogen and oxygen atoms in total. The molecular formula is C21H22N4O3. The van der Waals surface area contributed by atoms with Gasteiger partial charge in [0, 0.05) is 37.0 Å². The third kappa shape index (κ3) is 3.74. The Bertz CT molecular complexity index is 968. The summed E-state index contributed by atoms with van der Waals surface area (Å²) in [5, 5.41) is 4.11. The summed E-state index contributed by atoms with van der Waals surface area (Å²) in [6.07, 6.45) is 3.32. The molecule has 1 aliphatic rings. The number of aromatic nitrogens is 3. The van der Waals surface area contributed by atoms with Crippen LogP contribution in [0.15, 0.2) is 47.1 Å². The summed E-state index contributed by atoms with van der Waals surface area (Å²) in [5.41, 5.74) is 2.29. The highest BCUT2D eigenvalue weighted by Crippen LogP contribution is 2.24. The molecule has 3 heterocycles. The number of hydrogen-bond donors (Lipinski definition) is 0. The van der Waals surface area contributed by atoms with Gasteiger partial charge in [-0.2, -0.15) is 4.98 Å². The Balaban J connectivity index is 1.39. The van der Waals surface area contributed by atoms with Crippen LogP contribution in [0.3, 0.4) is 0 Å². The van der Waals surface area contributed by atoms with Gasteiger partial charge >= 0.3 is 0 Å². The minimum atomic E-state index is 0.0418. The first-order chi connectivity index (χ1) is 13.6. The van der Waals surface area contributed by atoms with Crippen molar-refractivity contribution in [3.05, 3.63) is 59.7 Å². The Morgan fingerprint density at radius 1 is 1.29 bits per heavy atom. The van der Waals surface area contributed by atoms with E-state index >= 15 is 0 Å². The quantitative estimate of drug-likeness (QED) is 0.678. The first-order valence-corrected chi connectivity index (χ1v) is 9.32. The van der Waals surface area contributed by atoms with Crippen LogP contribution in [-0.4, -0.2) is 46.1 Å². The van der Waals surface area contributed by atoms with Crippen LogP contribution in [0, 0.1) is 12.8 Å². The molecule has 3 aromatic rings. The van der Waals surface area contributed by atoms with E-state index in [0.717, 1.165) is 30.0 Å². The van der Waals surface area contributed by atoms with Gasteiger partial charge < -0.3 is 14.2 Å². The van der Waals surface area contributed by atoms with Gasteiger partial charge in [0.25, 0.3) is 11.8 Å². The summed E-state index contributed by atoms with van der Waals surface area (Å²) in [6, 6.07) is 11.1. The number of hydrogen-bond acceptors (Lipinski definition) is 6. The van der Waals surface area contributed by atoms with E-state index in [0.29, 0.717) is 36.2 Å². The van der Waals surface area contributed by atoms with E-state index in [1.807, 2.05) is 42.2 Å². The van der Waals surface area contributed by atoms with E-state index in [1.165, 1.54) is 0 Å². The molecule has 2 aromatic heterocycles. The zero-order valence-corrected chi connectivity index (χ0v) is 16.0. The first kappa shape index (κ1) is 18.2. The average Bonchev–Trinajstić information content (AvgIpc) is 3.38. The summed E-state index contributed by atoms with van der Waals surface area (Å²) in [4.78, 5) is 23.3. The van der Waals surface area contributed by atoms with Crippen LogP contribution >= 0.6 is 0 Å². The molecule has 1 aliphatic heterocycles. The number of pyridine rings is 1. The number of rotatable bonds is 5. The van der Waals surface area contributed by atoms with Gasteiger partial charge in [-0.15, -0.1) is 0 Å². The summed E-state index contributed by atoms with van der Waals surface area (Å²) in [6.45, 7) is 3.29. The van der Waals surface area contributed by atoms with Crippen LogP contribution in [0.5, 0.6) is 5.75 Å². The highest BCUT2D eigenvalue weighted by molar-refractivity contribution is 5.95. The fraction of sp³-hybridized carbons (Fsp3) is 0.333. The van der Waals surface area contributed by atoms with Gasteiger partial charge in [-0.25, -0.2) is 0 Å². The predicted molar refractivity (Wildman–Crippen MR) is 103 cm³/mol. The van der Waals surface area contributed by atoms with Gasteiger partial charge in [0.1, 0.15) is 5.75 Å². The molecule has 1 atom stereocenters. The van der Waals surface area contributed by atoms with Crippen molar-refractivity contribution in [3.8, 4) is 17.2 Å². The minimum Gasteiger partial charge on any atom is -0.497 e. The zero-order valence-electron chi connectivity index (χ0n) is 16.0. The van der Waals surface area contributed by atoms with Crippen LogP contribution in [0.25, 0.3) is 11.5 Å². The van der Waals surface area contributed by atoms with Gasteiger partial charge in [-0.3, -0.25) is 9.78 Å². The monoisotopic (exact) mass is 378 g/mol. The van der Waals surface area contributed by atoms with Crippen molar-refractivity contribution in [1.29, 1.82) is 0 Å². The average molecular weight is 378 g/mol. The fourth-order valence-electron chi connectivity index (χ4n) is 3.51. The van der Waals surface area contributed by atoms with Crippen LogP contribution in [-0.2, 0) is 6.42 Å². The first-order valence-electron chi connectivity index (χ1n) is 9.32. The molecule has 0 N–H and O–H groups in total. The second-order valence-electron chi connectivity index (χ2n) is 6.99. The van der Waals surface area contributed by atoms with E-state index in [9.17, 15) is 4.79 Å². The third-order valence-corrected chi connectivity index (χ3v) is 5.09. The lowest BCUT2D eigenvalue weighted by atomic mass is 10.0. The molecule has 1 unspecified atom stereocenters. The van der Waals surface area contributed by atoms with E-state index in [-0.39, 0.29) is 5.91 Å². The Labute approximate surface area is 163 Å². The van der Waals surface area contributed by atoms with Gasteiger partial charge in [0.2, 0.25) is 0 Å². The van der Waals surface area contributed by atoms with E-state index in [4.69, 9.17) is 9.26 Å². The molecule has 0 aliphatic carbocycles. The molecule has 1 fully saturated rings. The second-order valence-corrected chi connectivity index (χ2v) is 6.99. The van der Waals surface area contributed by atoms with Crippen LogP contribution in [0.4, 0.5) is 0 Å². The summed E-state index contributed by atoms with van der Waals surface area (Å²) < 4.78 is 10.6. The highest BCUT2D eigenvalue weighted by atomic mass is 16.5. The number of likely N-dealkylation sites (tertiary alicyclic amines) is 1. The lowest BCUT2D eigenvalue weighted by molar-refractivity contribution is 0.0785. The number of benzene rings is 1. The molecule has 1 saturated heterocycles. The fourth-order valence-corrected chi connectivity index (χ4v) is 3.51. The summed E-state index contributed by atoms with van der Waals surface area (Å²) in [5.74, 6) is 2.31. The lowest BCUT2D eigenvalue weighted by Gasteiger charge is -2.17. The van der Waals surface area contributed by atoms with Crippen LogP contribution in [0.2, 0.25) is 0 Å². The van der Waals surface area contributed by atoms with Crippen molar-refractivity contribution in [2.45, 2.75) is 19.8 Å². The lowest BCUT2D eigenvalue weighted by Crippen LogP contribution is -2.29. The SMILES string of the molecule is COc1ccc(-c2nc(CC3CCN(C(=O)c4cccnc4C)C3)no2)cc1. The van der Waals surface area contributed by atoms with Crippen molar-refractivity contribution in [2.24, 2.45) is 5.92 Å². The van der Waals surface area contributed by atoms with Crippen LogP contribution < -0.4 is 4.74 Å². The summed E-state index contributed by atoms with van der Waals surface area (Å²) in [7, 11) is 1.63. The van der Waals surface area contributed by atoms with E-state index in [2.05, 4.69) is 15.1 Å². The molecular weight excluding hydrogens is 356 g/mol. The molecule has 1 aromatic carbocycles. The topological polar surface area (TPSA) is 81.4 Å². The van der Waals surface area contributed by atoms with Crippen molar-refractivity contribution in [3.63, 3.8) is 0 Å². The molecule has 7 heteroatoms. The highest BCUT2D eigenvalue weighted by Gasteiger charge is 2.29. The molecule has 0 bridgehead atoms. The molecule has 144 valence electrons. The molecule has 0 radical (unpaired) electrons. The standard InChI is InChI=1S/C21H22N4O3/c1-14-18(4-3-10-22-14)21(26)25-11-9-15(13-25)12-19-23-20(28-24-19)16-5-7-17(27-2)8-6-16/h3-8,10,15H,9,11-13H2,1-2H3. The number of carbonyl (C=O) groups is 1. The predicted octanol–water partition coefficient (Wildman–Crippen LogP) is 3.15. The number of aryl methyl sites for hydroxylation is 1. The maximum Gasteiger partial charge on any atom is 0.257 e. The number of nitrogens with zero attached hydrogens (tertiary/aromatic N) is 4. The molecule has 28 heavy (non-hydrogen) atoms. The Hall–Kier alpha value is -3.22. The molecule has 0 saturated carbocycles. The maximum atomic E-state index is 12.7. The maximum absolute atomic E-state index is 12.7. The largest absolute Gasteiger partial charge is 0.497 e. The third-order valence-electron chi connectivity index (χ3n) is 5.09. The van der Waals surface area contributed by atoms with Crippen molar-refractivity contribution < 1.29 is 14.1 Å². The Morgan fingerprint density at radius 3 is 2.86 bits per heavy atom. The van der Waals surface area contributed by atoms with E-state index < -0.39 is 0 Å².